The molecule has 4 rings (SSSR count). The average molecular weight is 542 g/mol. The Morgan fingerprint density at radius 2 is 1.82 bits per heavy atom. The van der Waals surface area contributed by atoms with Crippen LogP contribution < -0.4 is 15.6 Å². The van der Waals surface area contributed by atoms with Crippen molar-refractivity contribution in [2.75, 3.05) is 12.0 Å². The Labute approximate surface area is 232 Å². The summed E-state index contributed by atoms with van der Waals surface area (Å²) in [6.45, 7) is 1.99. The molecule has 0 aliphatic carbocycles. The van der Waals surface area contributed by atoms with E-state index in [0.717, 1.165) is 27.8 Å². The first-order chi connectivity index (χ1) is 18.9. The van der Waals surface area contributed by atoms with Gasteiger partial charge in [0.1, 0.15) is 6.04 Å². The number of amides is 1. The Hall–Kier alpha value is -4.43. The van der Waals surface area contributed by atoms with Crippen molar-refractivity contribution in [3.8, 4) is 16.9 Å². The van der Waals surface area contributed by atoms with Gasteiger partial charge in [0, 0.05) is 11.8 Å². The van der Waals surface area contributed by atoms with Crippen molar-refractivity contribution in [2.24, 2.45) is 0 Å². The lowest BCUT2D eigenvalue weighted by Crippen LogP contribution is -2.41. The number of aryl methyl sites for hydroxylation is 1. The monoisotopic (exact) mass is 541 g/mol. The maximum absolute atomic E-state index is 13.3. The summed E-state index contributed by atoms with van der Waals surface area (Å²) in [7, 11) is 0. The van der Waals surface area contributed by atoms with Crippen molar-refractivity contribution in [1.29, 1.82) is 0 Å². The summed E-state index contributed by atoms with van der Waals surface area (Å²) in [5, 5.41) is 13.8. The van der Waals surface area contributed by atoms with Gasteiger partial charge in [-0.3, -0.25) is 10.2 Å². The fraction of sp³-hybridized carbons (Fsp3) is 0.161. The van der Waals surface area contributed by atoms with E-state index in [-0.39, 0.29) is 0 Å². The number of rotatable bonds is 11. The number of carboxylic acid groups (broad SMARTS) is 1. The Kier molecular flexibility index (Phi) is 9.48. The fourth-order valence-corrected chi connectivity index (χ4v) is 4.49. The van der Waals surface area contributed by atoms with E-state index < -0.39 is 17.9 Å². The summed E-state index contributed by atoms with van der Waals surface area (Å²) in [5.41, 5.74) is 8.02. The maximum atomic E-state index is 13.3. The van der Waals surface area contributed by atoms with Crippen LogP contribution in [0.4, 0.5) is 0 Å². The highest BCUT2D eigenvalue weighted by atomic mass is 32.2. The minimum Gasteiger partial charge on any atom is -0.480 e. The maximum Gasteiger partial charge on any atom is 0.326 e. The Morgan fingerprint density at radius 3 is 2.51 bits per heavy atom. The van der Waals surface area contributed by atoms with Gasteiger partial charge < -0.3 is 15.3 Å². The molecule has 0 saturated carbocycles. The number of hydroxylamine groups is 1. The van der Waals surface area contributed by atoms with Gasteiger partial charge in [0.05, 0.1) is 6.20 Å². The molecule has 3 aromatic carbocycles. The number of hydrogen-bond donors (Lipinski definition) is 3. The van der Waals surface area contributed by atoms with Gasteiger partial charge >= 0.3 is 5.97 Å². The van der Waals surface area contributed by atoms with Crippen molar-refractivity contribution in [2.45, 2.75) is 19.4 Å². The van der Waals surface area contributed by atoms with E-state index in [1.54, 1.807) is 24.0 Å². The third-order valence-corrected chi connectivity index (χ3v) is 6.76. The standard InChI is InChI=1S/C31H31N3O4S/c1-22-8-6-7-11-26(22)28-20-23(14-15-27(28)30(35)33-29(31(36)37)17-19-39-2)12-13-24-16-18-34(32-21-24)38-25-9-4-3-5-10-25/h3-16,18,20-21,29,32H,17,19H2,1-2H3,(H,33,35)(H,36,37)/t29-/m0/s1. The van der Waals surface area contributed by atoms with E-state index in [2.05, 4.69) is 10.7 Å². The molecule has 0 bridgehead atoms. The molecule has 1 atom stereocenters. The van der Waals surface area contributed by atoms with Crippen LogP contribution in [-0.2, 0) is 4.79 Å². The molecule has 39 heavy (non-hydrogen) atoms. The first kappa shape index (κ1) is 27.6. The van der Waals surface area contributed by atoms with Crippen LogP contribution in [0.5, 0.6) is 5.75 Å². The smallest absolute Gasteiger partial charge is 0.326 e. The Balaban J connectivity index is 1.54. The number of nitrogens with one attached hydrogen (secondary N) is 2. The second-order valence-corrected chi connectivity index (χ2v) is 9.90. The summed E-state index contributed by atoms with van der Waals surface area (Å²) in [6.07, 6.45) is 11.7. The molecule has 0 aromatic heterocycles. The molecule has 1 aliphatic heterocycles. The van der Waals surface area contributed by atoms with Gasteiger partial charge in [-0.25, -0.2) is 4.79 Å². The third-order valence-electron chi connectivity index (χ3n) is 6.11. The van der Waals surface area contributed by atoms with Gasteiger partial charge in [0.2, 0.25) is 0 Å². The van der Waals surface area contributed by atoms with Crippen LogP contribution in [0.15, 0.2) is 103 Å². The van der Waals surface area contributed by atoms with Gasteiger partial charge in [-0.2, -0.15) is 11.8 Å². The molecule has 200 valence electrons. The molecular formula is C31H31N3O4S. The van der Waals surface area contributed by atoms with Gasteiger partial charge in [-0.05, 0) is 83.5 Å². The van der Waals surface area contributed by atoms with Crippen LogP contribution in [0.25, 0.3) is 17.2 Å². The topological polar surface area (TPSA) is 90.9 Å². The molecule has 1 aliphatic rings. The lowest BCUT2D eigenvalue weighted by Gasteiger charge is -2.22. The fourth-order valence-electron chi connectivity index (χ4n) is 4.02. The van der Waals surface area contributed by atoms with Crippen LogP contribution in [-0.4, -0.2) is 40.2 Å². The van der Waals surface area contributed by atoms with E-state index in [0.29, 0.717) is 23.5 Å². The lowest BCUT2D eigenvalue weighted by molar-refractivity contribution is -0.139. The average Bonchev–Trinajstić information content (AvgIpc) is 2.95. The summed E-state index contributed by atoms with van der Waals surface area (Å²) in [5.74, 6) is -0.0858. The number of aliphatic carboxylic acids is 1. The zero-order valence-electron chi connectivity index (χ0n) is 21.8. The van der Waals surface area contributed by atoms with Crippen LogP contribution in [0.1, 0.15) is 27.9 Å². The number of carboxylic acids is 1. The number of carbonyl (C=O) groups excluding carboxylic acids is 1. The number of carbonyl (C=O) groups is 2. The predicted molar refractivity (Wildman–Crippen MR) is 157 cm³/mol. The molecule has 3 aromatic rings. The summed E-state index contributed by atoms with van der Waals surface area (Å²) in [4.78, 5) is 30.7. The van der Waals surface area contributed by atoms with E-state index >= 15 is 0 Å². The molecule has 0 saturated heterocycles. The molecule has 7 nitrogen and oxygen atoms in total. The van der Waals surface area contributed by atoms with Gasteiger partial charge in [-0.15, -0.1) is 5.17 Å². The number of nitrogens with zero attached hydrogens (tertiary/aromatic N) is 1. The molecule has 3 N–H and O–H groups in total. The zero-order chi connectivity index (χ0) is 27.6. The second-order valence-electron chi connectivity index (χ2n) is 8.92. The molecular weight excluding hydrogens is 510 g/mol. The molecule has 0 unspecified atom stereocenters. The molecule has 0 spiro atoms. The summed E-state index contributed by atoms with van der Waals surface area (Å²) < 4.78 is 0. The van der Waals surface area contributed by atoms with E-state index in [4.69, 9.17) is 4.84 Å². The first-order valence-corrected chi connectivity index (χ1v) is 13.9. The van der Waals surface area contributed by atoms with Crippen molar-refractivity contribution in [3.63, 3.8) is 0 Å². The van der Waals surface area contributed by atoms with Crippen LogP contribution in [0, 0.1) is 6.92 Å². The van der Waals surface area contributed by atoms with Crippen molar-refractivity contribution in [1.82, 2.24) is 15.9 Å². The highest BCUT2D eigenvalue weighted by Crippen LogP contribution is 2.29. The number of thioether (sulfide) groups is 1. The summed E-state index contributed by atoms with van der Waals surface area (Å²) >= 11 is 1.55. The van der Waals surface area contributed by atoms with E-state index in [9.17, 15) is 14.7 Å². The number of para-hydroxylation sites is 1. The SMILES string of the molecule is CSCC[C@H](NC(=O)c1ccc(C=CC2=CNN(Oc3ccccc3)C=C2)cc1-c1ccccc1C)C(=O)O. The Bertz CT molecular complexity index is 1400. The largest absolute Gasteiger partial charge is 0.480 e. The molecule has 8 heteroatoms. The van der Waals surface area contributed by atoms with Crippen LogP contribution in [0.2, 0.25) is 0 Å². The molecule has 0 radical (unpaired) electrons. The Morgan fingerprint density at radius 1 is 1.05 bits per heavy atom. The number of hydrazine groups is 1. The highest BCUT2D eigenvalue weighted by Gasteiger charge is 2.22. The quantitative estimate of drug-likeness (QED) is 0.282. The van der Waals surface area contributed by atoms with Crippen molar-refractivity contribution >= 4 is 29.7 Å². The van der Waals surface area contributed by atoms with Gasteiger partial charge in [0.15, 0.2) is 5.75 Å². The molecule has 0 fully saturated rings. The number of hydrogen-bond acceptors (Lipinski definition) is 6. The second kappa shape index (κ2) is 13.4. The van der Waals surface area contributed by atoms with Crippen molar-refractivity contribution in [3.05, 3.63) is 120 Å². The van der Waals surface area contributed by atoms with Gasteiger partial charge in [-0.1, -0.05) is 60.7 Å². The van der Waals surface area contributed by atoms with E-state index in [1.807, 2.05) is 104 Å². The normalized spacial score (nSPS) is 13.5. The van der Waals surface area contributed by atoms with Crippen LogP contribution in [0.3, 0.4) is 0 Å². The molecule has 1 amide bonds. The minimum absolute atomic E-state index is 0.354. The van der Waals surface area contributed by atoms with Crippen molar-refractivity contribution < 1.29 is 19.5 Å². The minimum atomic E-state index is -1.04. The van der Waals surface area contributed by atoms with E-state index in [1.165, 1.54) is 5.17 Å². The predicted octanol–water partition coefficient (Wildman–Crippen LogP) is 5.82. The first-order valence-electron chi connectivity index (χ1n) is 12.5. The number of allylic oxidation sites excluding steroid dienone is 3. The highest BCUT2D eigenvalue weighted by molar-refractivity contribution is 7.98. The zero-order valence-corrected chi connectivity index (χ0v) is 22.7. The number of benzene rings is 3. The van der Waals surface area contributed by atoms with Crippen LogP contribution >= 0.6 is 11.8 Å². The third kappa shape index (κ3) is 7.55. The lowest BCUT2D eigenvalue weighted by atomic mass is 9.93. The van der Waals surface area contributed by atoms with Gasteiger partial charge in [0.25, 0.3) is 5.91 Å². The molecule has 1 heterocycles. The summed E-state index contributed by atoms with van der Waals surface area (Å²) in [6, 6.07) is 21.9.